The molecule has 0 saturated heterocycles. The molecule has 0 saturated carbocycles. The maximum Gasteiger partial charge on any atom is 0.140 e. The zero-order valence-corrected chi connectivity index (χ0v) is 7.86. The maximum absolute atomic E-state index is 5.53. The average Bonchev–Trinajstić information content (AvgIpc) is 2.04. The number of aromatic nitrogens is 1. The molecule has 0 aliphatic heterocycles. The van der Waals surface area contributed by atoms with Crippen molar-refractivity contribution in [3.8, 4) is 5.75 Å². The van der Waals surface area contributed by atoms with E-state index in [-0.39, 0.29) is 6.10 Å². The lowest BCUT2D eigenvalue weighted by Crippen LogP contribution is -2.18. The van der Waals surface area contributed by atoms with E-state index in [1.54, 1.807) is 25.6 Å². The van der Waals surface area contributed by atoms with Gasteiger partial charge in [0.1, 0.15) is 11.9 Å². The van der Waals surface area contributed by atoms with Gasteiger partial charge in [-0.3, -0.25) is 4.98 Å². The number of anilines is 1. The van der Waals surface area contributed by atoms with Gasteiger partial charge >= 0.3 is 0 Å². The third kappa shape index (κ3) is 3.29. The normalized spacial score (nSPS) is 12.5. The van der Waals surface area contributed by atoms with Crippen LogP contribution in [0, 0.1) is 0 Å². The lowest BCUT2D eigenvalue weighted by molar-refractivity contribution is 0.0919. The molecule has 0 aliphatic rings. The van der Waals surface area contributed by atoms with Crippen LogP contribution < -0.4 is 10.5 Å². The molecule has 72 valence electrons. The number of hydrogen-bond donors (Lipinski definition) is 1. The number of ether oxygens (including phenoxy) is 2. The van der Waals surface area contributed by atoms with E-state index < -0.39 is 0 Å². The number of nitrogens with zero attached hydrogens (tertiary/aromatic N) is 1. The van der Waals surface area contributed by atoms with Gasteiger partial charge in [0.15, 0.2) is 0 Å². The van der Waals surface area contributed by atoms with E-state index in [1.807, 2.05) is 6.92 Å². The first kappa shape index (κ1) is 9.80. The SMILES string of the molecule is COCC(C)Oc1cncc(N)c1. The molecular weight excluding hydrogens is 168 g/mol. The van der Waals surface area contributed by atoms with E-state index in [0.29, 0.717) is 18.0 Å². The van der Waals surface area contributed by atoms with E-state index in [2.05, 4.69) is 4.98 Å². The first-order valence-corrected chi connectivity index (χ1v) is 4.08. The van der Waals surface area contributed by atoms with Gasteiger partial charge < -0.3 is 15.2 Å². The van der Waals surface area contributed by atoms with Gasteiger partial charge in [-0.05, 0) is 6.92 Å². The Morgan fingerprint density at radius 3 is 2.92 bits per heavy atom. The van der Waals surface area contributed by atoms with Crippen LogP contribution in [0.25, 0.3) is 0 Å². The van der Waals surface area contributed by atoms with E-state index in [4.69, 9.17) is 15.2 Å². The van der Waals surface area contributed by atoms with Gasteiger partial charge in [-0.25, -0.2) is 0 Å². The van der Waals surface area contributed by atoms with Gasteiger partial charge in [-0.1, -0.05) is 0 Å². The van der Waals surface area contributed by atoms with Crippen LogP contribution >= 0.6 is 0 Å². The Hall–Kier alpha value is -1.29. The number of methoxy groups -OCH3 is 1. The summed E-state index contributed by atoms with van der Waals surface area (Å²) in [6.07, 6.45) is 3.21. The van der Waals surface area contributed by atoms with Crippen LogP contribution in [0.5, 0.6) is 5.75 Å². The van der Waals surface area contributed by atoms with Crippen molar-refractivity contribution in [2.45, 2.75) is 13.0 Å². The van der Waals surface area contributed by atoms with Gasteiger partial charge in [0, 0.05) is 13.2 Å². The highest BCUT2D eigenvalue weighted by Gasteiger charge is 2.03. The minimum atomic E-state index is 0.00796. The van der Waals surface area contributed by atoms with Crippen LogP contribution in [-0.4, -0.2) is 24.8 Å². The first-order valence-electron chi connectivity index (χ1n) is 4.08. The predicted octanol–water partition coefficient (Wildman–Crippen LogP) is 1.08. The summed E-state index contributed by atoms with van der Waals surface area (Å²) >= 11 is 0. The largest absolute Gasteiger partial charge is 0.487 e. The zero-order valence-electron chi connectivity index (χ0n) is 7.86. The highest BCUT2D eigenvalue weighted by molar-refractivity contribution is 5.39. The topological polar surface area (TPSA) is 57.4 Å². The minimum Gasteiger partial charge on any atom is -0.487 e. The molecule has 0 aromatic carbocycles. The highest BCUT2D eigenvalue weighted by atomic mass is 16.5. The number of nitrogens with two attached hydrogens (primary N) is 1. The van der Waals surface area contributed by atoms with Gasteiger partial charge in [-0.15, -0.1) is 0 Å². The van der Waals surface area contributed by atoms with Gasteiger partial charge in [0.25, 0.3) is 0 Å². The molecule has 0 fully saturated rings. The predicted molar refractivity (Wildman–Crippen MR) is 50.6 cm³/mol. The summed E-state index contributed by atoms with van der Waals surface area (Å²) in [6, 6.07) is 1.74. The molecule has 2 N–H and O–H groups in total. The van der Waals surface area contributed by atoms with Crippen molar-refractivity contribution in [3.05, 3.63) is 18.5 Å². The molecule has 1 aromatic heterocycles. The van der Waals surface area contributed by atoms with Crippen LogP contribution in [0.3, 0.4) is 0 Å². The summed E-state index contributed by atoms with van der Waals surface area (Å²) in [7, 11) is 1.64. The maximum atomic E-state index is 5.53. The third-order valence-corrected chi connectivity index (χ3v) is 1.47. The van der Waals surface area contributed by atoms with Crippen LogP contribution in [0.1, 0.15) is 6.92 Å². The summed E-state index contributed by atoms with van der Waals surface area (Å²) in [5.74, 6) is 0.671. The molecule has 13 heavy (non-hydrogen) atoms. The van der Waals surface area contributed by atoms with Gasteiger partial charge in [0.2, 0.25) is 0 Å². The summed E-state index contributed by atoms with van der Waals surface area (Å²) in [5, 5.41) is 0. The Kier molecular flexibility index (Phi) is 3.52. The molecule has 0 amide bonds. The van der Waals surface area contributed by atoms with Crippen molar-refractivity contribution in [1.29, 1.82) is 0 Å². The molecule has 1 aromatic rings. The summed E-state index contributed by atoms with van der Waals surface area (Å²) < 4.78 is 10.4. The third-order valence-electron chi connectivity index (χ3n) is 1.47. The number of nitrogen functional groups attached to an aromatic ring is 1. The molecule has 0 spiro atoms. The molecule has 1 rings (SSSR count). The van der Waals surface area contributed by atoms with Crippen molar-refractivity contribution in [1.82, 2.24) is 4.98 Å². The Labute approximate surface area is 77.7 Å². The second-order valence-corrected chi connectivity index (χ2v) is 2.84. The van der Waals surface area contributed by atoms with E-state index >= 15 is 0 Å². The second kappa shape index (κ2) is 4.67. The van der Waals surface area contributed by atoms with Crippen molar-refractivity contribution in [3.63, 3.8) is 0 Å². The highest BCUT2D eigenvalue weighted by Crippen LogP contribution is 2.13. The molecule has 0 bridgehead atoms. The Balaban J connectivity index is 2.53. The fourth-order valence-corrected chi connectivity index (χ4v) is 1.00. The summed E-state index contributed by atoms with van der Waals surface area (Å²) in [5.41, 5.74) is 6.13. The van der Waals surface area contributed by atoms with Crippen molar-refractivity contribution >= 4 is 5.69 Å². The van der Waals surface area contributed by atoms with Gasteiger partial charge in [-0.2, -0.15) is 0 Å². The van der Waals surface area contributed by atoms with Crippen LogP contribution in [0.2, 0.25) is 0 Å². The second-order valence-electron chi connectivity index (χ2n) is 2.84. The van der Waals surface area contributed by atoms with Gasteiger partial charge in [0.05, 0.1) is 24.7 Å². The Morgan fingerprint density at radius 2 is 2.31 bits per heavy atom. The smallest absolute Gasteiger partial charge is 0.140 e. The molecule has 0 aliphatic carbocycles. The molecule has 1 heterocycles. The number of pyridine rings is 1. The molecule has 4 heteroatoms. The van der Waals surface area contributed by atoms with Crippen LogP contribution in [0.4, 0.5) is 5.69 Å². The van der Waals surface area contributed by atoms with Crippen molar-refractivity contribution < 1.29 is 9.47 Å². The van der Waals surface area contributed by atoms with Crippen LogP contribution in [-0.2, 0) is 4.74 Å². The summed E-state index contributed by atoms with van der Waals surface area (Å²) in [4.78, 5) is 3.91. The lowest BCUT2D eigenvalue weighted by Gasteiger charge is -2.13. The van der Waals surface area contributed by atoms with E-state index in [9.17, 15) is 0 Å². The standard InChI is InChI=1S/C9H14N2O2/c1-7(6-12-2)13-9-3-8(10)4-11-5-9/h3-5,7H,6,10H2,1-2H3. The first-order chi connectivity index (χ1) is 6.22. The minimum absolute atomic E-state index is 0.00796. The molecule has 1 unspecified atom stereocenters. The molecule has 0 radical (unpaired) electrons. The molecular formula is C9H14N2O2. The number of hydrogen-bond acceptors (Lipinski definition) is 4. The Bertz CT molecular complexity index is 266. The fourth-order valence-electron chi connectivity index (χ4n) is 1.00. The summed E-state index contributed by atoms with van der Waals surface area (Å²) in [6.45, 7) is 2.47. The lowest BCUT2D eigenvalue weighted by atomic mass is 10.4. The van der Waals surface area contributed by atoms with E-state index in [1.165, 1.54) is 0 Å². The Morgan fingerprint density at radius 1 is 1.54 bits per heavy atom. The van der Waals surface area contributed by atoms with E-state index in [0.717, 1.165) is 0 Å². The quantitative estimate of drug-likeness (QED) is 0.757. The monoisotopic (exact) mass is 182 g/mol. The zero-order chi connectivity index (χ0) is 9.68. The van der Waals surface area contributed by atoms with Crippen molar-refractivity contribution in [2.75, 3.05) is 19.5 Å². The fraction of sp³-hybridized carbons (Fsp3) is 0.444. The van der Waals surface area contributed by atoms with Crippen LogP contribution in [0.15, 0.2) is 18.5 Å². The molecule has 4 nitrogen and oxygen atoms in total. The average molecular weight is 182 g/mol. The van der Waals surface area contributed by atoms with Crippen molar-refractivity contribution in [2.24, 2.45) is 0 Å². The number of rotatable bonds is 4. The molecule has 1 atom stereocenters.